The second-order valence-electron chi connectivity index (χ2n) is 11.2. The second kappa shape index (κ2) is 13.4. The number of aryl methyl sites for hydroxylation is 1. The first-order valence-corrected chi connectivity index (χ1v) is 14.5. The van der Waals surface area contributed by atoms with Gasteiger partial charge in [0.25, 0.3) is 5.56 Å². The first-order chi connectivity index (χ1) is 21.3. The van der Waals surface area contributed by atoms with E-state index in [1.54, 1.807) is 54.6 Å². The summed E-state index contributed by atoms with van der Waals surface area (Å²) in [6, 6.07) is 9.86. The van der Waals surface area contributed by atoms with E-state index < -0.39 is 23.4 Å². The molecule has 4 N–H and O–H groups in total. The molecule has 1 saturated carbocycles. The van der Waals surface area contributed by atoms with Gasteiger partial charge in [-0.3, -0.25) is 18.8 Å². The number of hydrogen-bond donors (Lipinski definition) is 3. The minimum atomic E-state index is -0.559. The number of anilines is 3. The number of pyridine rings is 1. The number of fused-ring (bicyclic) bond motifs is 1. The van der Waals surface area contributed by atoms with Crippen LogP contribution < -0.4 is 21.9 Å². The highest BCUT2D eigenvalue weighted by atomic mass is 35.5. The van der Waals surface area contributed by atoms with E-state index in [2.05, 4.69) is 30.7 Å². The van der Waals surface area contributed by atoms with Crippen molar-refractivity contribution in [1.82, 2.24) is 34.6 Å². The van der Waals surface area contributed by atoms with Crippen LogP contribution in [-0.2, 0) is 23.2 Å². The fraction of sp³-hybridized carbons (Fsp3) is 0.290. The number of halogens is 3. The topological polar surface area (TPSA) is 155 Å². The fourth-order valence-corrected chi connectivity index (χ4v) is 5.67. The molecule has 12 nitrogen and oxygen atoms in total. The van der Waals surface area contributed by atoms with E-state index >= 15 is 4.39 Å². The van der Waals surface area contributed by atoms with E-state index in [1.807, 2.05) is 6.07 Å². The summed E-state index contributed by atoms with van der Waals surface area (Å²) in [4.78, 5) is 39.9. The van der Waals surface area contributed by atoms with Gasteiger partial charge in [0.05, 0.1) is 23.0 Å². The number of nitrogens with two attached hydrogens (primary N) is 1. The Labute approximate surface area is 275 Å². The number of hydrogen-bond acceptors (Lipinski definition) is 10. The van der Waals surface area contributed by atoms with Crippen molar-refractivity contribution in [3.05, 3.63) is 82.3 Å². The number of ether oxygens (including phenoxy) is 1. The summed E-state index contributed by atoms with van der Waals surface area (Å²) in [5.74, 6) is -0.279. The van der Waals surface area contributed by atoms with Crippen LogP contribution in [0.4, 0.5) is 22.0 Å². The van der Waals surface area contributed by atoms with E-state index in [0.717, 1.165) is 31.4 Å². The quantitative estimate of drug-likeness (QED) is 0.201. The number of nitrogens with zero attached hydrogens (tertiary/aromatic N) is 6. The minimum absolute atomic E-state index is 0. The first kappa shape index (κ1) is 32.8. The number of nitrogen functional groups attached to an aromatic ring is 1. The van der Waals surface area contributed by atoms with Crippen molar-refractivity contribution >= 4 is 59.1 Å². The van der Waals surface area contributed by atoms with Gasteiger partial charge in [-0.1, -0.05) is 18.2 Å². The molecule has 1 atom stereocenters. The molecule has 2 aromatic carbocycles. The Hall–Kier alpha value is -4.59. The van der Waals surface area contributed by atoms with E-state index in [4.69, 9.17) is 10.5 Å². The highest BCUT2D eigenvalue weighted by molar-refractivity contribution is 5.86. The number of carbonyl (C=O) groups is 1. The number of benzene rings is 2. The standard InChI is InChI=1S/C31H30FN9O3.2ClH/c1-40-15-20(14-35-40)36-31-38-27(37-30(33)39-31)21-4-2-6-25(22(21)16-44-29(43)24-5-3-10-34-24)41-11-9-18-12-19(17-7-8-17)13-23(32)26(18)28(41)42;;/h2,4,6,9,11-15,17,24,34H,3,5,7-8,10,16H2,1H3,(H3,33,36,37,38,39);2*1H. The van der Waals surface area contributed by atoms with Crippen molar-refractivity contribution in [2.45, 2.75) is 44.2 Å². The molecule has 46 heavy (non-hydrogen) atoms. The molecule has 0 bridgehead atoms. The lowest BCUT2D eigenvalue weighted by Gasteiger charge is -2.18. The van der Waals surface area contributed by atoms with E-state index in [-0.39, 0.29) is 54.5 Å². The molecule has 1 aliphatic carbocycles. The summed E-state index contributed by atoms with van der Waals surface area (Å²) in [7, 11) is 1.78. The van der Waals surface area contributed by atoms with Crippen LogP contribution >= 0.6 is 24.8 Å². The number of aromatic nitrogens is 6. The summed E-state index contributed by atoms with van der Waals surface area (Å²) < 4.78 is 24.2. The maximum absolute atomic E-state index is 15.4. The molecule has 7 rings (SSSR count). The summed E-state index contributed by atoms with van der Waals surface area (Å²) in [6.45, 7) is 0.548. The van der Waals surface area contributed by atoms with Gasteiger partial charge in [0, 0.05) is 30.6 Å². The van der Waals surface area contributed by atoms with Crippen molar-refractivity contribution in [2.24, 2.45) is 7.05 Å². The van der Waals surface area contributed by atoms with Crippen molar-refractivity contribution in [3.8, 4) is 17.1 Å². The third-order valence-corrected chi connectivity index (χ3v) is 8.00. The van der Waals surface area contributed by atoms with E-state index in [0.29, 0.717) is 40.2 Å². The second-order valence-corrected chi connectivity index (χ2v) is 11.2. The molecule has 2 fully saturated rings. The normalized spacial score (nSPS) is 15.7. The highest BCUT2D eigenvalue weighted by Crippen LogP contribution is 2.41. The Morgan fingerprint density at radius 2 is 1.98 bits per heavy atom. The fourth-order valence-electron chi connectivity index (χ4n) is 5.67. The number of esters is 1. The van der Waals surface area contributed by atoms with Crippen LogP contribution in [0, 0.1) is 5.82 Å². The van der Waals surface area contributed by atoms with Gasteiger partial charge in [-0.05, 0) is 67.3 Å². The van der Waals surface area contributed by atoms with Gasteiger partial charge in [-0.25, -0.2) is 4.39 Å². The average molecular weight is 669 g/mol. The lowest BCUT2D eigenvalue weighted by Crippen LogP contribution is -2.32. The van der Waals surface area contributed by atoms with Gasteiger partial charge >= 0.3 is 5.97 Å². The zero-order chi connectivity index (χ0) is 30.4. The average Bonchev–Trinajstić information content (AvgIpc) is 3.55. The number of carbonyl (C=O) groups excluding carboxylic acids is 1. The molecule has 240 valence electrons. The van der Waals surface area contributed by atoms with Gasteiger partial charge < -0.3 is 21.1 Å². The van der Waals surface area contributed by atoms with E-state index in [9.17, 15) is 9.59 Å². The van der Waals surface area contributed by atoms with Crippen LogP contribution in [0.1, 0.15) is 42.7 Å². The van der Waals surface area contributed by atoms with Crippen molar-refractivity contribution in [1.29, 1.82) is 0 Å². The molecular formula is C31H32Cl2FN9O3. The van der Waals surface area contributed by atoms with Gasteiger partial charge in [0.1, 0.15) is 18.5 Å². The van der Waals surface area contributed by atoms with Crippen LogP contribution in [0.2, 0.25) is 0 Å². The Balaban J connectivity index is 0.00000208. The Morgan fingerprint density at radius 3 is 2.70 bits per heavy atom. The summed E-state index contributed by atoms with van der Waals surface area (Å²) >= 11 is 0. The van der Waals surface area contributed by atoms with Crippen LogP contribution in [-0.4, -0.2) is 47.9 Å². The molecule has 3 aromatic heterocycles. The first-order valence-electron chi connectivity index (χ1n) is 14.5. The molecule has 0 spiro atoms. The molecule has 5 aromatic rings. The van der Waals surface area contributed by atoms with Crippen LogP contribution in [0.3, 0.4) is 0 Å². The molecule has 1 unspecified atom stereocenters. The lowest BCUT2D eigenvalue weighted by molar-refractivity contribution is -0.147. The van der Waals surface area contributed by atoms with Gasteiger partial charge in [0.2, 0.25) is 11.9 Å². The predicted octanol–water partition coefficient (Wildman–Crippen LogP) is 4.56. The zero-order valence-electron chi connectivity index (χ0n) is 24.8. The van der Waals surface area contributed by atoms with Crippen LogP contribution in [0.5, 0.6) is 0 Å². The van der Waals surface area contributed by atoms with Gasteiger partial charge in [-0.2, -0.15) is 20.1 Å². The maximum atomic E-state index is 15.4. The third-order valence-electron chi connectivity index (χ3n) is 8.00. The van der Waals surface area contributed by atoms with Crippen LogP contribution in [0.15, 0.2) is 59.8 Å². The van der Waals surface area contributed by atoms with Crippen molar-refractivity contribution in [2.75, 3.05) is 17.6 Å². The van der Waals surface area contributed by atoms with E-state index in [1.165, 1.54) is 10.6 Å². The largest absolute Gasteiger partial charge is 0.460 e. The maximum Gasteiger partial charge on any atom is 0.323 e. The highest BCUT2D eigenvalue weighted by Gasteiger charge is 2.27. The molecule has 2 aliphatic rings. The Kier molecular flexibility index (Phi) is 9.56. The summed E-state index contributed by atoms with van der Waals surface area (Å²) in [5, 5.41) is 10.9. The molecule has 15 heteroatoms. The lowest BCUT2D eigenvalue weighted by atomic mass is 10.0. The predicted molar refractivity (Wildman–Crippen MR) is 177 cm³/mol. The smallest absolute Gasteiger partial charge is 0.323 e. The molecule has 0 radical (unpaired) electrons. The van der Waals surface area contributed by atoms with Gasteiger partial charge in [-0.15, -0.1) is 24.8 Å². The molecular weight excluding hydrogens is 636 g/mol. The summed E-state index contributed by atoms with van der Waals surface area (Å²) in [6.07, 6.45) is 8.57. The number of rotatable bonds is 8. The zero-order valence-corrected chi connectivity index (χ0v) is 26.4. The van der Waals surface area contributed by atoms with Gasteiger partial charge in [0.15, 0.2) is 5.82 Å². The molecule has 1 aliphatic heterocycles. The Bertz CT molecular complexity index is 1970. The minimum Gasteiger partial charge on any atom is -0.460 e. The molecule has 4 heterocycles. The molecule has 0 amide bonds. The monoisotopic (exact) mass is 667 g/mol. The SMILES string of the molecule is Cl.Cl.Cn1cc(Nc2nc(N)nc(-c3cccc(-n4ccc5cc(C6CC6)cc(F)c5c4=O)c3COC(=O)C3CCCN3)n2)cn1. The Morgan fingerprint density at radius 1 is 1.15 bits per heavy atom. The van der Waals surface area contributed by atoms with Crippen molar-refractivity contribution < 1.29 is 13.9 Å². The van der Waals surface area contributed by atoms with Crippen molar-refractivity contribution in [3.63, 3.8) is 0 Å². The number of nitrogens with one attached hydrogen (secondary N) is 2. The molecule has 1 saturated heterocycles. The third kappa shape index (κ3) is 6.52. The van der Waals surface area contributed by atoms with Crippen LogP contribution in [0.25, 0.3) is 27.8 Å². The summed E-state index contributed by atoms with van der Waals surface area (Å²) in [5.41, 5.74) is 8.43.